The summed E-state index contributed by atoms with van der Waals surface area (Å²) in [6, 6.07) is 0. The van der Waals surface area contributed by atoms with Crippen molar-refractivity contribution in [2.75, 3.05) is 7.11 Å². The first-order valence-electron chi connectivity index (χ1n) is 3.64. The van der Waals surface area contributed by atoms with Crippen molar-refractivity contribution in [1.29, 1.82) is 0 Å². The molecule has 0 saturated heterocycles. The van der Waals surface area contributed by atoms with E-state index in [-0.39, 0.29) is 11.2 Å². The Balaban J connectivity index is 4.30. The molecule has 0 N–H and O–H groups in total. The Labute approximate surface area is 68.2 Å². The van der Waals surface area contributed by atoms with Crippen LogP contribution in [0.5, 0.6) is 0 Å². The molecule has 11 heavy (non-hydrogen) atoms. The van der Waals surface area contributed by atoms with Crippen molar-refractivity contribution in [3.05, 3.63) is 11.8 Å². The Kier molecular flexibility index (Phi) is 3.30. The van der Waals surface area contributed by atoms with Crippen molar-refractivity contribution in [2.24, 2.45) is 5.41 Å². The molecule has 2 heteroatoms. The maximum absolute atomic E-state index is 11.3. The highest BCUT2D eigenvalue weighted by Crippen LogP contribution is 2.16. The van der Waals surface area contributed by atoms with E-state index >= 15 is 0 Å². The summed E-state index contributed by atoms with van der Waals surface area (Å²) >= 11 is 0. The smallest absolute Gasteiger partial charge is 0.164 e. The zero-order valence-corrected chi connectivity index (χ0v) is 7.89. The summed E-state index contributed by atoms with van der Waals surface area (Å²) in [6.07, 6.45) is 1.53. The highest BCUT2D eigenvalue weighted by atomic mass is 16.5. The summed E-state index contributed by atoms with van der Waals surface area (Å²) in [5.41, 5.74) is -0.306. The summed E-state index contributed by atoms with van der Waals surface area (Å²) < 4.78 is 4.86. The topological polar surface area (TPSA) is 26.3 Å². The monoisotopic (exact) mass is 156 g/mol. The van der Waals surface area contributed by atoms with Crippen LogP contribution in [0.15, 0.2) is 11.8 Å². The predicted octanol–water partition coefficient (Wildman–Crippen LogP) is 2.15. The standard InChI is InChI=1S/C9H16O2/c1-7(11-5)6-8(10)9(2,3)4/h6H,1-5H3/b7-6-. The van der Waals surface area contributed by atoms with Crippen molar-refractivity contribution >= 4 is 5.78 Å². The minimum absolute atomic E-state index is 0.0943. The lowest BCUT2D eigenvalue weighted by atomic mass is 9.90. The number of hydrogen-bond donors (Lipinski definition) is 0. The van der Waals surface area contributed by atoms with Crippen LogP contribution in [-0.2, 0) is 9.53 Å². The fraction of sp³-hybridized carbons (Fsp3) is 0.667. The van der Waals surface area contributed by atoms with Gasteiger partial charge in [-0.3, -0.25) is 4.79 Å². The minimum atomic E-state index is -0.306. The number of ketones is 1. The van der Waals surface area contributed by atoms with Gasteiger partial charge >= 0.3 is 0 Å². The number of rotatable bonds is 2. The normalized spacial score (nSPS) is 13.0. The van der Waals surface area contributed by atoms with E-state index in [2.05, 4.69) is 0 Å². The van der Waals surface area contributed by atoms with Gasteiger partial charge in [-0.2, -0.15) is 0 Å². The number of allylic oxidation sites excluding steroid dienone is 2. The number of ether oxygens (including phenoxy) is 1. The summed E-state index contributed by atoms with van der Waals surface area (Å²) in [7, 11) is 1.56. The molecular weight excluding hydrogens is 140 g/mol. The molecule has 64 valence electrons. The van der Waals surface area contributed by atoms with Gasteiger partial charge in [0.1, 0.15) is 0 Å². The predicted molar refractivity (Wildman–Crippen MR) is 45.2 cm³/mol. The Bertz CT molecular complexity index is 172. The maximum atomic E-state index is 11.3. The molecule has 0 aliphatic heterocycles. The molecule has 0 radical (unpaired) electrons. The van der Waals surface area contributed by atoms with Gasteiger partial charge in [-0.15, -0.1) is 0 Å². The molecule has 0 amide bonds. The van der Waals surface area contributed by atoms with Crippen LogP contribution in [0.25, 0.3) is 0 Å². The number of methoxy groups -OCH3 is 1. The highest BCUT2D eigenvalue weighted by Gasteiger charge is 2.18. The third-order valence-corrected chi connectivity index (χ3v) is 1.40. The Morgan fingerprint density at radius 3 is 2.09 bits per heavy atom. The van der Waals surface area contributed by atoms with E-state index in [4.69, 9.17) is 4.74 Å². The lowest BCUT2D eigenvalue weighted by molar-refractivity contribution is -0.121. The first-order valence-corrected chi connectivity index (χ1v) is 3.64. The van der Waals surface area contributed by atoms with E-state index in [0.717, 1.165) is 0 Å². The number of carbonyl (C=O) groups is 1. The van der Waals surface area contributed by atoms with Gasteiger partial charge in [-0.05, 0) is 6.92 Å². The van der Waals surface area contributed by atoms with Crippen molar-refractivity contribution < 1.29 is 9.53 Å². The van der Waals surface area contributed by atoms with Crippen molar-refractivity contribution in [1.82, 2.24) is 0 Å². The first-order chi connectivity index (χ1) is 4.88. The van der Waals surface area contributed by atoms with Gasteiger partial charge in [0, 0.05) is 11.5 Å². The second-order valence-electron chi connectivity index (χ2n) is 3.57. The molecule has 0 unspecified atom stereocenters. The SMILES string of the molecule is CO/C(C)=C\C(=O)C(C)(C)C. The minimum Gasteiger partial charge on any atom is -0.501 e. The van der Waals surface area contributed by atoms with Gasteiger partial charge in [0.15, 0.2) is 5.78 Å². The van der Waals surface area contributed by atoms with E-state index in [9.17, 15) is 4.79 Å². The summed E-state index contributed by atoms with van der Waals surface area (Å²) in [5, 5.41) is 0. The molecule has 0 heterocycles. The van der Waals surface area contributed by atoms with Crippen LogP contribution in [-0.4, -0.2) is 12.9 Å². The second-order valence-corrected chi connectivity index (χ2v) is 3.57. The molecule has 0 rings (SSSR count). The van der Waals surface area contributed by atoms with E-state index < -0.39 is 0 Å². The molecule has 0 bridgehead atoms. The van der Waals surface area contributed by atoms with Gasteiger partial charge in [0.2, 0.25) is 0 Å². The molecule has 0 aromatic rings. The van der Waals surface area contributed by atoms with Gasteiger partial charge in [0.05, 0.1) is 12.9 Å². The largest absolute Gasteiger partial charge is 0.501 e. The Morgan fingerprint density at radius 2 is 1.82 bits per heavy atom. The fourth-order valence-electron chi connectivity index (χ4n) is 0.460. The zero-order chi connectivity index (χ0) is 9.07. The van der Waals surface area contributed by atoms with E-state index in [1.165, 1.54) is 6.08 Å². The van der Waals surface area contributed by atoms with E-state index in [1.807, 2.05) is 20.8 Å². The second kappa shape index (κ2) is 3.56. The third-order valence-electron chi connectivity index (χ3n) is 1.40. The quantitative estimate of drug-likeness (QED) is 0.452. The fourth-order valence-corrected chi connectivity index (χ4v) is 0.460. The van der Waals surface area contributed by atoms with Gasteiger partial charge in [-0.1, -0.05) is 20.8 Å². The Morgan fingerprint density at radius 1 is 1.36 bits per heavy atom. The molecular formula is C9H16O2. The van der Waals surface area contributed by atoms with Gasteiger partial charge < -0.3 is 4.74 Å². The molecule has 0 aliphatic rings. The van der Waals surface area contributed by atoms with Crippen LogP contribution >= 0.6 is 0 Å². The summed E-state index contributed by atoms with van der Waals surface area (Å²) in [4.78, 5) is 11.3. The lowest BCUT2D eigenvalue weighted by Crippen LogP contribution is -2.17. The van der Waals surface area contributed by atoms with Crippen LogP contribution in [0.4, 0.5) is 0 Å². The van der Waals surface area contributed by atoms with Crippen molar-refractivity contribution in [3.63, 3.8) is 0 Å². The molecule has 0 fully saturated rings. The van der Waals surface area contributed by atoms with Gasteiger partial charge in [0.25, 0.3) is 0 Å². The molecule has 0 aromatic heterocycles. The van der Waals surface area contributed by atoms with Crippen LogP contribution in [0.3, 0.4) is 0 Å². The average Bonchev–Trinajstić information content (AvgIpc) is 1.85. The zero-order valence-electron chi connectivity index (χ0n) is 7.89. The number of hydrogen-bond acceptors (Lipinski definition) is 2. The lowest BCUT2D eigenvalue weighted by Gasteiger charge is -2.13. The third kappa shape index (κ3) is 3.81. The summed E-state index contributed by atoms with van der Waals surface area (Å²) in [5.74, 6) is 0.752. The van der Waals surface area contributed by atoms with E-state index in [1.54, 1.807) is 14.0 Å². The van der Waals surface area contributed by atoms with Crippen molar-refractivity contribution in [3.8, 4) is 0 Å². The highest BCUT2D eigenvalue weighted by molar-refractivity contribution is 5.94. The molecule has 0 atom stereocenters. The van der Waals surface area contributed by atoms with Crippen LogP contribution < -0.4 is 0 Å². The maximum Gasteiger partial charge on any atom is 0.164 e. The number of carbonyl (C=O) groups excluding carboxylic acids is 1. The molecule has 0 aromatic carbocycles. The van der Waals surface area contributed by atoms with Crippen LogP contribution in [0.1, 0.15) is 27.7 Å². The first kappa shape index (κ1) is 10.2. The molecule has 0 spiro atoms. The molecule has 0 saturated carbocycles. The van der Waals surface area contributed by atoms with Crippen LogP contribution in [0.2, 0.25) is 0 Å². The Hall–Kier alpha value is -0.790. The van der Waals surface area contributed by atoms with Crippen LogP contribution in [0, 0.1) is 5.41 Å². The average molecular weight is 156 g/mol. The summed E-state index contributed by atoms with van der Waals surface area (Å²) in [6.45, 7) is 7.42. The molecule has 0 aliphatic carbocycles. The van der Waals surface area contributed by atoms with E-state index in [0.29, 0.717) is 5.76 Å². The van der Waals surface area contributed by atoms with Crippen molar-refractivity contribution in [2.45, 2.75) is 27.7 Å². The molecule has 2 nitrogen and oxygen atoms in total. The van der Waals surface area contributed by atoms with Gasteiger partial charge in [-0.25, -0.2) is 0 Å².